The molecule has 3 nitrogen and oxygen atoms in total. The third-order valence-electron chi connectivity index (χ3n) is 3.46. The first-order chi connectivity index (χ1) is 9.72. The molecule has 1 aromatic heterocycles. The van der Waals surface area contributed by atoms with Gasteiger partial charge in [0.2, 0.25) is 0 Å². The molecule has 2 aromatic carbocycles. The molecule has 0 spiro atoms. The number of nitrogens with zero attached hydrogens (tertiary/aromatic N) is 2. The molecule has 102 valence electrons. The molecule has 0 saturated carbocycles. The van der Waals surface area contributed by atoms with Gasteiger partial charge in [-0.3, -0.25) is 0 Å². The van der Waals surface area contributed by atoms with Crippen LogP contribution in [0.25, 0.3) is 22.4 Å². The van der Waals surface area contributed by atoms with Crippen molar-refractivity contribution in [3.63, 3.8) is 0 Å². The van der Waals surface area contributed by atoms with Crippen LogP contribution in [0.1, 0.15) is 6.92 Å². The Balaban J connectivity index is 2.18. The smallest absolute Gasteiger partial charge is 0.141 e. The molecule has 0 aliphatic heterocycles. The van der Waals surface area contributed by atoms with Crippen molar-refractivity contribution in [2.24, 2.45) is 0 Å². The van der Waals surface area contributed by atoms with Gasteiger partial charge in [0.1, 0.15) is 5.82 Å². The van der Waals surface area contributed by atoms with E-state index < -0.39 is 0 Å². The summed E-state index contributed by atoms with van der Waals surface area (Å²) < 4.78 is 2.21. The number of rotatable bonds is 3. The van der Waals surface area contributed by atoms with Gasteiger partial charge in [0.15, 0.2) is 0 Å². The second-order valence-electron chi connectivity index (χ2n) is 4.64. The fraction of sp³-hybridized carbons (Fsp3) is 0.188. The third-order valence-corrected chi connectivity index (χ3v) is 3.69. The summed E-state index contributed by atoms with van der Waals surface area (Å²) in [4.78, 5) is 4.73. The van der Waals surface area contributed by atoms with Crippen LogP contribution in [0.3, 0.4) is 0 Å². The molecule has 0 aliphatic rings. The van der Waals surface area contributed by atoms with E-state index in [2.05, 4.69) is 41.1 Å². The molecular weight excluding hydrogens is 270 g/mol. The summed E-state index contributed by atoms with van der Waals surface area (Å²) in [5, 5.41) is 3.84. The largest absolute Gasteiger partial charge is 0.388 e. The van der Waals surface area contributed by atoms with Crippen molar-refractivity contribution in [2.45, 2.75) is 13.5 Å². The number of hydrogen-bond donors (Lipinski definition) is 1. The van der Waals surface area contributed by atoms with Gasteiger partial charge in [0.05, 0.1) is 11.0 Å². The van der Waals surface area contributed by atoms with Crippen LogP contribution in [-0.4, -0.2) is 16.6 Å². The number of aromatic nitrogens is 2. The van der Waals surface area contributed by atoms with Crippen LogP contribution in [0, 0.1) is 0 Å². The quantitative estimate of drug-likeness (QED) is 0.772. The van der Waals surface area contributed by atoms with E-state index >= 15 is 0 Å². The predicted octanol–water partition coefficient (Wildman–Crippen LogP) is 4.42. The number of fused-ring (bicyclic) bond motifs is 1. The summed E-state index contributed by atoms with van der Waals surface area (Å²) in [7, 11) is 1.91. The van der Waals surface area contributed by atoms with Gasteiger partial charge in [-0.25, -0.2) is 4.98 Å². The van der Waals surface area contributed by atoms with E-state index in [9.17, 15) is 0 Å². The van der Waals surface area contributed by atoms with Crippen molar-refractivity contribution in [1.82, 2.24) is 9.55 Å². The molecule has 0 aliphatic carbocycles. The van der Waals surface area contributed by atoms with E-state index in [1.807, 2.05) is 25.2 Å². The van der Waals surface area contributed by atoms with Crippen LogP contribution in [0.2, 0.25) is 5.02 Å². The Bertz CT molecular complexity index is 744. The second kappa shape index (κ2) is 5.17. The minimum absolute atomic E-state index is 0.718. The highest BCUT2D eigenvalue weighted by Crippen LogP contribution is 2.27. The normalized spacial score (nSPS) is 10.9. The molecule has 0 radical (unpaired) electrons. The van der Waals surface area contributed by atoms with E-state index in [0.29, 0.717) is 0 Å². The van der Waals surface area contributed by atoms with Gasteiger partial charge in [0, 0.05) is 29.9 Å². The highest BCUT2D eigenvalue weighted by Gasteiger charge is 2.11. The minimum Gasteiger partial charge on any atom is -0.388 e. The van der Waals surface area contributed by atoms with Gasteiger partial charge in [-0.15, -0.1) is 0 Å². The number of aryl methyl sites for hydroxylation is 1. The fourth-order valence-electron chi connectivity index (χ4n) is 2.43. The fourth-order valence-corrected chi connectivity index (χ4v) is 2.60. The van der Waals surface area contributed by atoms with Crippen molar-refractivity contribution in [2.75, 3.05) is 12.4 Å². The lowest BCUT2D eigenvalue weighted by Crippen LogP contribution is -1.97. The van der Waals surface area contributed by atoms with Gasteiger partial charge in [0.25, 0.3) is 0 Å². The van der Waals surface area contributed by atoms with Crippen molar-refractivity contribution in [1.29, 1.82) is 0 Å². The molecule has 3 rings (SSSR count). The summed E-state index contributed by atoms with van der Waals surface area (Å²) in [5.74, 6) is 0.979. The zero-order valence-electron chi connectivity index (χ0n) is 11.5. The van der Waals surface area contributed by atoms with Crippen LogP contribution in [-0.2, 0) is 6.54 Å². The predicted molar refractivity (Wildman–Crippen MR) is 85.4 cm³/mol. The van der Waals surface area contributed by atoms with Gasteiger partial charge in [-0.2, -0.15) is 0 Å². The molecule has 20 heavy (non-hydrogen) atoms. The zero-order chi connectivity index (χ0) is 14.1. The highest BCUT2D eigenvalue weighted by atomic mass is 35.5. The average molecular weight is 286 g/mol. The van der Waals surface area contributed by atoms with Crippen LogP contribution >= 0.6 is 11.6 Å². The third kappa shape index (κ3) is 2.14. The van der Waals surface area contributed by atoms with E-state index in [-0.39, 0.29) is 0 Å². The lowest BCUT2D eigenvalue weighted by atomic mass is 10.2. The molecule has 3 aromatic rings. The number of anilines is 1. The Morgan fingerprint density at radius 1 is 1.15 bits per heavy atom. The standard InChI is InChI=1S/C16H16ClN3/c1-3-20-15-9-6-12(17)10-14(15)19-16(20)11-4-7-13(18-2)8-5-11/h4-10,18H,3H2,1-2H3. The number of hydrogen-bond acceptors (Lipinski definition) is 2. The first kappa shape index (κ1) is 13.0. The summed E-state index contributed by atoms with van der Waals surface area (Å²) >= 11 is 6.05. The Morgan fingerprint density at radius 3 is 2.55 bits per heavy atom. The zero-order valence-corrected chi connectivity index (χ0v) is 12.3. The first-order valence-corrected chi connectivity index (χ1v) is 7.04. The van der Waals surface area contributed by atoms with E-state index in [4.69, 9.17) is 16.6 Å². The monoisotopic (exact) mass is 285 g/mol. The first-order valence-electron chi connectivity index (χ1n) is 6.67. The molecular formula is C16H16ClN3. The Labute approximate surface area is 123 Å². The number of imidazole rings is 1. The highest BCUT2D eigenvalue weighted by molar-refractivity contribution is 6.31. The van der Waals surface area contributed by atoms with Gasteiger partial charge in [-0.1, -0.05) is 11.6 Å². The maximum atomic E-state index is 6.05. The van der Waals surface area contributed by atoms with E-state index in [0.717, 1.165) is 39.7 Å². The van der Waals surface area contributed by atoms with E-state index in [1.165, 1.54) is 0 Å². The van der Waals surface area contributed by atoms with Gasteiger partial charge >= 0.3 is 0 Å². The molecule has 0 amide bonds. The van der Waals surface area contributed by atoms with Crippen LogP contribution in [0.5, 0.6) is 0 Å². The molecule has 0 fully saturated rings. The maximum absolute atomic E-state index is 6.05. The van der Waals surface area contributed by atoms with Crippen molar-refractivity contribution >= 4 is 28.3 Å². The Kier molecular flexibility index (Phi) is 3.36. The van der Waals surface area contributed by atoms with Crippen molar-refractivity contribution in [3.8, 4) is 11.4 Å². The molecule has 0 saturated heterocycles. The molecule has 0 atom stereocenters. The summed E-state index contributed by atoms with van der Waals surface area (Å²) in [5.41, 5.74) is 4.26. The summed E-state index contributed by atoms with van der Waals surface area (Å²) in [6, 6.07) is 14.1. The molecule has 4 heteroatoms. The molecule has 1 N–H and O–H groups in total. The van der Waals surface area contributed by atoms with Crippen LogP contribution in [0.4, 0.5) is 5.69 Å². The summed E-state index contributed by atoms with van der Waals surface area (Å²) in [6.07, 6.45) is 0. The minimum atomic E-state index is 0.718. The van der Waals surface area contributed by atoms with Crippen LogP contribution in [0.15, 0.2) is 42.5 Å². The number of benzene rings is 2. The Morgan fingerprint density at radius 2 is 1.90 bits per heavy atom. The van der Waals surface area contributed by atoms with Gasteiger partial charge in [-0.05, 0) is 49.4 Å². The molecule has 1 heterocycles. The Hall–Kier alpha value is -2.00. The molecule has 0 bridgehead atoms. The number of nitrogens with one attached hydrogen (secondary N) is 1. The van der Waals surface area contributed by atoms with Gasteiger partial charge < -0.3 is 9.88 Å². The number of halogens is 1. The lowest BCUT2D eigenvalue weighted by molar-refractivity contribution is 0.796. The SMILES string of the molecule is CCn1c(-c2ccc(NC)cc2)nc2cc(Cl)ccc21. The molecule has 0 unspecified atom stereocenters. The maximum Gasteiger partial charge on any atom is 0.141 e. The van der Waals surface area contributed by atoms with Crippen molar-refractivity contribution in [3.05, 3.63) is 47.5 Å². The van der Waals surface area contributed by atoms with E-state index in [1.54, 1.807) is 0 Å². The lowest BCUT2D eigenvalue weighted by Gasteiger charge is -2.07. The second-order valence-corrected chi connectivity index (χ2v) is 5.08. The topological polar surface area (TPSA) is 29.9 Å². The van der Waals surface area contributed by atoms with Crippen LogP contribution < -0.4 is 5.32 Å². The average Bonchev–Trinajstić information content (AvgIpc) is 2.84. The van der Waals surface area contributed by atoms with Crippen molar-refractivity contribution < 1.29 is 0 Å². The summed E-state index contributed by atoms with van der Waals surface area (Å²) in [6.45, 7) is 3.00.